The highest BCUT2D eigenvalue weighted by Crippen LogP contribution is 2.31. The van der Waals surface area contributed by atoms with Crippen LogP contribution in [0.15, 0.2) is 35.5 Å². The molecular weight excluding hydrogens is 324 g/mol. The van der Waals surface area contributed by atoms with Crippen molar-refractivity contribution in [3.05, 3.63) is 41.8 Å². The second kappa shape index (κ2) is 5.64. The zero-order chi connectivity index (χ0) is 16.5. The highest BCUT2D eigenvalue weighted by Gasteiger charge is 2.35. The van der Waals surface area contributed by atoms with Crippen LogP contribution in [0.2, 0.25) is 0 Å². The molecule has 0 unspecified atom stereocenters. The molecule has 0 amide bonds. The Bertz CT molecular complexity index is 787. The molecule has 9 heteroatoms. The first-order valence-corrected chi connectivity index (χ1v) is 7.73. The summed E-state index contributed by atoms with van der Waals surface area (Å²) in [6, 6.07) is 5.12. The summed E-state index contributed by atoms with van der Waals surface area (Å²) < 4.78 is 75.0. The van der Waals surface area contributed by atoms with Crippen molar-refractivity contribution in [2.24, 2.45) is 0 Å². The summed E-state index contributed by atoms with van der Waals surface area (Å²) in [6.07, 6.45) is -4.82. The van der Waals surface area contributed by atoms with E-state index < -0.39 is 38.4 Å². The molecule has 0 aliphatic carbocycles. The van der Waals surface area contributed by atoms with Gasteiger partial charge in [0.2, 0.25) is 15.0 Å². The number of halogens is 4. The molecule has 0 fully saturated rings. The van der Waals surface area contributed by atoms with Gasteiger partial charge in [0, 0.05) is 5.56 Å². The summed E-state index contributed by atoms with van der Waals surface area (Å²) in [5.41, 5.74) is -1.45. The molecule has 0 N–H and O–H groups in total. The third kappa shape index (κ3) is 3.41. The molecule has 0 spiro atoms. The van der Waals surface area contributed by atoms with Crippen molar-refractivity contribution in [1.82, 2.24) is 9.97 Å². The van der Waals surface area contributed by atoms with E-state index in [1.165, 1.54) is 19.1 Å². The van der Waals surface area contributed by atoms with Gasteiger partial charge in [-0.05, 0) is 30.3 Å². The molecule has 2 rings (SSSR count). The number of rotatable bonds is 3. The van der Waals surface area contributed by atoms with E-state index in [-0.39, 0.29) is 11.3 Å². The molecule has 0 aliphatic heterocycles. The third-order valence-electron chi connectivity index (χ3n) is 2.79. The minimum atomic E-state index is -4.82. The zero-order valence-corrected chi connectivity index (χ0v) is 12.0. The van der Waals surface area contributed by atoms with Gasteiger partial charge in [0.05, 0.1) is 11.4 Å². The fraction of sp³-hybridized carbons (Fsp3) is 0.231. The van der Waals surface area contributed by atoms with E-state index in [0.717, 1.165) is 12.1 Å². The van der Waals surface area contributed by atoms with Crippen LogP contribution in [0.5, 0.6) is 0 Å². The van der Waals surface area contributed by atoms with Gasteiger partial charge in [0.25, 0.3) is 0 Å². The SMILES string of the molecule is CCS(=O)(=O)c1nc(-c2ccc(F)cc2)cc(C(F)(F)F)n1. The first-order chi connectivity index (χ1) is 10.1. The summed E-state index contributed by atoms with van der Waals surface area (Å²) >= 11 is 0. The maximum atomic E-state index is 12.9. The first-order valence-electron chi connectivity index (χ1n) is 6.08. The van der Waals surface area contributed by atoms with Gasteiger partial charge >= 0.3 is 6.18 Å². The van der Waals surface area contributed by atoms with Crippen molar-refractivity contribution in [2.45, 2.75) is 18.3 Å². The molecule has 22 heavy (non-hydrogen) atoms. The Morgan fingerprint density at radius 3 is 2.18 bits per heavy atom. The number of hydrogen-bond donors (Lipinski definition) is 0. The molecule has 2 aromatic rings. The molecule has 4 nitrogen and oxygen atoms in total. The molecule has 0 radical (unpaired) electrons. The van der Waals surface area contributed by atoms with Gasteiger partial charge in [-0.25, -0.2) is 22.8 Å². The Balaban J connectivity index is 2.69. The van der Waals surface area contributed by atoms with E-state index in [0.29, 0.717) is 6.07 Å². The smallest absolute Gasteiger partial charge is 0.220 e. The summed E-state index contributed by atoms with van der Waals surface area (Å²) in [6.45, 7) is 1.27. The molecule has 118 valence electrons. The van der Waals surface area contributed by atoms with Gasteiger partial charge in [0.1, 0.15) is 11.5 Å². The normalized spacial score (nSPS) is 12.4. The maximum Gasteiger partial charge on any atom is 0.433 e. The fourth-order valence-electron chi connectivity index (χ4n) is 1.61. The Hall–Kier alpha value is -2.03. The predicted octanol–water partition coefficient (Wildman–Crippen LogP) is 3.10. The number of sulfone groups is 1. The minimum absolute atomic E-state index is 0.154. The van der Waals surface area contributed by atoms with Crippen LogP contribution in [0.1, 0.15) is 12.6 Å². The quantitative estimate of drug-likeness (QED) is 0.639. The van der Waals surface area contributed by atoms with Gasteiger partial charge in [-0.2, -0.15) is 13.2 Å². The Morgan fingerprint density at radius 2 is 1.68 bits per heavy atom. The van der Waals surface area contributed by atoms with Crippen molar-refractivity contribution in [2.75, 3.05) is 5.75 Å². The average Bonchev–Trinajstić information content (AvgIpc) is 2.46. The van der Waals surface area contributed by atoms with Crippen molar-refractivity contribution in [3.63, 3.8) is 0 Å². The van der Waals surface area contributed by atoms with Crippen molar-refractivity contribution in [1.29, 1.82) is 0 Å². The van der Waals surface area contributed by atoms with Crippen molar-refractivity contribution < 1.29 is 26.0 Å². The largest absolute Gasteiger partial charge is 0.433 e. The number of hydrogen-bond acceptors (Lipinski definition) is 4. The van der Waals surface area contributed by atoms with E-state index in [1.54, 1.807) is 0 Å². The Labute approximate surface area is 123 Å². The predicted molar refractivity (Wildman–Crippen MR) is 70.2 cm³/mol. The maximum absolute atomic E-state index is 12.9. The second-order valence-electron chi connectivity index (χ2n) is 4.33. The Morgan fingerprint density at radius 1 is 1.09 bits per heavy atom. The standard InChI is InChI=1S/C13H10F4N2O2S/c1-2-22(20,21)12-18-10(7-11(19-12)13(15,16)17)8-3-5-9(14)6-4-8/h3-7H,2H2,1H3. The highest BCUT2D eigenvalue weighted by molar-refractivity contribution is 7.91. The summed E-state index contributed by atoms with van der Waals surface area (Å²) in [4.78, 5) is 6.76. The lowest BCUT2D eigenvalue weighted by Gasteiger charge is -2.10. The van der Waals surface area contributed by atoms with Crippen LogP contribution >= 0.6 is 0 Å². The van der Waals surface area contributed by atoms with Gasteiger partial charge in [-0.1, -0.05) is 6.92 Å². The second-order valence-corrected chi connectivity index (χ2v) is 6.50. The lowest BCUT2D eigenvalue weighted by atomic mass is 10.1. The average molecular weight is 334 g/mol. The van der Waals surface area contributed by atoms with Crippen LogP contribution in [0.3, 0.4) is 0 Å². The van der Waals surface area contributed by atoms with Crippen LogP contribution in [0.4, 0.5) is 17.6 Å². The van der Waals surface area contributed by atoms with Crippen LogP contribution < -0.4 is 0 Å². The molecule has 0 atom stereocenters. The summed E-state index contributed by atoms with van der Waals surface area (Å²) in [5, 5.41) is -0.899. The molecule has 1 aromatic carbocycles. The van der Waals surface area contributed by atoms with Gasteiger partial charge in [-0.3, -0.25) is 0 Å². The number of benzene rings is 1. The number of nitrogens with zero attached hydrogens (tertiary/aromatic N) is 2. The highest BCUT2D eigenvalue weighted by atomic mass is 32.2. The first kappa shape index (κ1) is 16.3. The van der Waals surface area contributed by atoms with Gasteiger partial charge in [0.15, 0.2) is 0 Å². The van der Waals surface area contributed by atoms with Crippen molar-refractivity contribution in [3.8, 4) is 11.3 Å². The molecule has 1 aromatic heterocycles. The lowest BCUT2D eigenvalue weighted by Crippen LogP contribution is -2.15. The summed E-state index contributed by atoms with van der Waals surface area (Å²) in [7, 11) is -4.02. The van der Waals surface area contributed by atoms with Gasteiger partial charge in [-0.15, -0.1) is 0 Å². The van der Waals surface area contributed by atoms with Crippen LogP contribution in [-0.4, -0.2) is 24.1 Å². The van der Waals surface area contributed by atoms with Gasteiger partial charge < -0.3 is 0 Å². The van der Waals surface area contributed by atoms with E-state index in [2.05, 4.69) is 9.97 Å². The van der Waals surface area contributed by atoms with Crippen LogP contribution in [0, 0.1) is 5.82 Å². The molecule has 0 saturated carbocycles. The monoisotopic (exact) mass is 334 g/mol. The number of aromatic nitrogens is 2. The van der Waals surface area contributed by atoms with Crippen LogP contribution in [-0.2, 0) is 16.0 Å². The summed E-state index contributed by atoms with van der Waals surface area (Å²) in [5.74, 6) is -1.01. The number of alkyl halides is 3. The molecule has 0 aliphatic rings. The molecule has 0 bridgehead atoms. The van der Waals surface area contributed by atoms with E-state index in [1.807, 2.05) is 0 Å². The Kier molecular flexibility index (Phi) is 4.19. The minimum Gasteiger partial charge on any atom is -0.220 e. The topological polar surface area (TPSA) is 59.9 Å². The molecular formula is C13H10F4N2O2S. The molecule has 0 saturated heterocycles. The van der Waals surface area contributed by atoms with E-state index in [9.17, 15) is 26.0 Å². The van der Waals surface area contributed by atoms with Crippen molar-refractivity contribution >= 4 is 9.84 Å². The fourth-order valence-corrected chi connectivity index (χ4v) is 2.34. The molecule has 1 heterocycles. The van der Waals surface area contributed by atoms with Crippen LogP contribution in [0.25, 0.3) is 11.3 Å². The third-order valence-corrected chi connectivity index (χ3v) is 4.29. The van der Waals surface area contributed by atoms with E-state index in [4.69, 9.17) is 0 Å². The zero-order valence-electron chi connectivity index (χ0n) is 11.2. The van der Waals surface area contributed by atoms with E-state index >= 15 is 0 Å². The lowest BCUT2D eigenvalue weighted by molar-refractivity contribution is -0.141.